The number of hydrogen-bond acceptors (Lipinski definition) is 7. The second kappa shape index (κ2) is 8.37. The third-order valence-corrected chi connectivity index (χ3v) is 4.36. The van der Waals surface area contributed by atoms with Crippen molar-refractivity contribution in [1.82, 2.24) is 0 Å². The Morgan fingerprint density at radius 3 is 2.48 bits per heavy atom. The van der Waals surface area contributed by atoms with E-state index in [0.29, 0.717) is 37.1 Å². The van der Waals surface area contributed by atoms with Gasteiger partial charge in [0.25, 0.3) is 0 Å². The van der Waals surface area contributed by atoms with Gasteiger partial charge in [0.05, 0.1) is 19.8 Å². The molecule has 2 heterocycles. The molecule has 0 saturated carbocycles. The largest absolute Gasteiger partial charge is 0.487 e. The Bertz CT molecular complexity index is 790. The molecule has 0 saturated heterocycles. The molecule has 0 aliphatic carbocycles. The van der Waals surface area contributed by atoms with Gasteiger partial charge in [-0.25, -0.2) is 0 Å². The summed E-state index contributed by atoms with van der Waals surface area (Å²) in [7, 11) is 0. The molecule has 0 spiro atoms. The van der Waals surface area contributed by atoms with Crippen LogP contribution in [0.25, 0.3) is 0 Å². The molecular weight excluding hydrogens is 352 g/mol. The molecule has 2 aliphatic rings. The molecule has 7 nitrogen and oxygen atoms in total. The van der Waals surface area contributed by atoms with E-state index in [1.54, 1.807) is 0 Å². The average Bonchev–Trinajstić information content (AvgIpc) is 3.34. The van der Waals surface area contributed by atoms with Crippen molar-refractivity contribution in [3.05, 3.63) is 41.5 Å². The molecular formula is C20H22O7. The lowest BCUT2D eigenvalue weighted by atomic mass is 10.0. The SMILES string of the molecule is OCCOCCOc1cc(CCc2ccc3c(c2)OCO3)cc2c1OCO2. The van der Waals surface area contributed by atoms with Crippen LogP contribution in [0.15, 0.2) is 30.3 Å². The van der Waals surface area contributed by atoms with E-state index in [1.807, 2.05) is 24.3 Å². The normalized spacial score (nSPS) is 13.8. The van der Waals surface area contributed by atoms with Crippen molar-refractivity contribution in [2.75, 3.05) is 40.0 Å². The molecule has 2 aromatic carbocycles. The quantitative estimate of drug-likeness (QED) is 0.675. The molecule has 0 amide bonds. The maximum atomic E-state index is 8.73. The number of aliphatic hydroxyl groups excluding tert-OH is 1. The van der Waals surface area contributed by atoms with Crippen LogP contribution in [0.4, 0.5) is 0 Å². The lowest BCUT2D eigenvalue weighted by Gasteiger charge is -2.11. The van der Waals surface area contributed by atoms with E-state index in [2.05, 4.69) is 6.07 Å². The summed E-state index contributed by atoms with van der Waals surface area (Å²) in [4.78, 5) is 0. The van der Waals surface area contributed by atoms with Gasteiger partial charge < -0.3 is 33.5 Å². The number of fused-ring (bicyclic) bond motifs is 2. The Balaban J connectivity index is 1.41. The number of aliphatic hydroxyl groups is 1. The Morgan fingerprint density at radius 2 is 1.56 bits per heavy atom. The van der Waals surface area contributed by atoms with E-state index >= 15 is 0 Å². The molecule has 0 atom stereocenters. The van der Waals surface area contributed by atoms with Crippen LogP contribution in [0.1, 0.15) is 11.1 Å². The van der Waals surface area contributed by atoms with Crippen molar-refractivity contribution in [2.45, 2.75) is 12.8 Å². The second-order valence-corrected chi connectivity index (χ2v) is 6.20. The summed E-state index contributed by atoms with van der Waals surface area (Å²) >= 11 is 0. The first-order valence-electron chi connectivity index (χ1n) is 8.96. The Hall–Kier alpha value is -2.64. The molecule has 1 N–H and O–H groups in total. The molecule has 4 rings (SSSR count). The fraction of sp³-hybridized carbons (Fsp3) is 0.400. The van der Waals surface area contributed by atoms with E-state index in [-0.39, 0.29) is 20.2 Å². The van der Waals surface area contributed by atoms with Crippen molar-refractivity contribution >= 4 is 0 Å². The molecule has 2 aromatic rings. The average molecular weight is 374 g/mol. The highest BCUT2D eigenvalue weighted by Crippen LogP contribution is 2.42. The van der Waals surface area contributed by atoms with E-state index in [1.165, 1.54) is 5.56 Å². The molecule has 144 valence electrons. The van der Waals surface area contributed by atoms with Gasteiger partial charge >= 0.3 is 0 Å². The van der Waals surface area contributed by atoms with Crippen LogP contribution in [-0.2, 0) is 17.6 Å². The molecule has 0 bridgehead atoms. The second-order valence-electron chi connectivity index (χ2n) is 6.20. The summed E-state index contributed by atoms with van der Waals surface area (Å²) in [6.07, 6.45) is 1.68. The van der Waals surface area contributed by atoms with Gasteiger partial charge in [-0.05, 0) is 48.2 Å². The van der Waals surface area contributed by atoms with Crippen LogP contribution in [0, 0.1) is 0 Å². The van der Waals surface area contributed by atoms with Crippen molar-refractivity contribution in [2.24, 2.45) is 0 Å². The monoisotopic (exact) mass is 374 g/mol. The van der Waals surface area contributed by atoms with Gasteiger partial charge in [0, 0.05) is 0 Å². The van der Waals surface area contributed by atoms with Gasteiger partial charge in [0.1, 0.15) is 6.61 Å². The summed E-state index contributed by atoms with van der Waals surface area (Å²) in [5, 5.41) is 8.73. The minimum Gasteiger partial charge on any atom is -0.487 e. The highest BCUT2D eigenvalue weighted by atomic mass is 16.7. The van der Waals surface area contributed by atoms with Crippen LogP contribution in [0.2, 0.25) is 0 Å². The number of aryl methyl sites for hydroxylation is 2. The smallest absolute Gasteiger partial charge is 0.231 e. The van der Waals surface area contributed by atoms with Crippen LogP contribution < -0.4 is 23.7 Å². The third kappa shape index (κ3) is 4.20. The maximum absolute atomic E-state index is 8.73. The van der Waals surface area contributed by atoms with Crippen LogP contribution in [-0.4, -0.2) is 45.1 Å². The first-order valence-corrected chi connectivity index (χ1v) is 8.96. The fourth-order valence-corrected chi connectivity index (χ4v) is 3.05. The van der Waals surface area contributed by atoms with Gasteiger partial charge in [-0.15, -0.1) is 0 Å². The Labute approximate surface area is 157 Å². The van der Waals surface area contributed by atoms with E-state index < -0.39 is 0 Å². The molecule has 2 aliphatic heterocycles. The third-order valence-electron chi connectivity index (χ3n) is 4.36. The zero-order chi connectivity index (χ0) is 18.5. The van der Waals surface area contributed by atoms with Crippen molar-refractivity contribution in [3.63, 3.8) is 0 Å². The Morgan fingerprint density at radius 1 is 0.778 bits per heavy atom. The summed E-state index contributed by atoms with van der Waals surface area (Å²) in [6.45, 7) is 1.55. The van der Waals surface area contributed by atoms with Gasteiger partial charge in [-0.2, -0.15) is 0 Å². The summed E-state index contributed by atoms with van der Waals surface area (Å²) < 4.78 is 32.9. The number of ether oxygens (including phenoxy) is 6. The zero-order valence-corrected chi connectivity index (χ0v) is 14.9. The topological polar surface area (TPSA) is 75.6 Å². The lowest BCUT2D eigenvalue weighted by molar-refractivity contribution is 0.0696. The minimum absolute atomic E-state index is 0.00168. The molecule has 0 radical (unpaired) electrons. The van der Waals surface area contributed by atoms with Gasteiger partial charge in [0.2, 0.25) is 19.3 Å². The lowest BCUT2D eigenvalue weighted by Crippen LogP contribution is -2.09. The molecule has 27 heavy (non-hydrogen) atoms. The molecule has 0 aromatic heterocycles. The minimum atomic E-state index is 0.00168. The highest BCUT2D eigenvalue weighted by Gasteiger charge is 2.21. The van der Waals surface area contributed by atoms with E-state index in [0.717, 1.165) is 29.9 Å². The fourth-order valence-electron chi connectivity index (χ4n) is 3.05. The number of hydrogen-bond donors (Lipinski definition) is 1. The number of benzene rings is 2. The zero-order valence-electron chi connectivity index (χ0n) is 14.9. The summed E-state index contributed by atoms with van der Waals surface area (Å²) in [5.41, 5.74) is 2.28. The van der Waals surface area contributed by atoms with Crippen molar-refractivity contribution in [3.8, 4) is 28.7 Å². The highest BCUT2D eigenvalue weighted by molar-refractivity contribution is 5.55. The standard InChI is InChI=1S/C20H22O7/c21-5-6-22-7-8-23-18-10-15(11-19-20(18)27-13-26-19)2-1-14-3-4-16-17(9-14)25-12-24-16/h3-4,9-11,21H,1-2,5-8,12-13H2. The van der Waals surface area contributed by atoms with Crippen LogP contribution >= 0.6 is 0 Å². The van der Waals surface area contributed by atoms with E-state index in [4.69, 9.17) is 33.5 Å². The van der Waals surface area contributed by atoms with Crippen molar-refractivity contribution < 1.29 is 33.5 Å². The predicted octanol–water partition coefficient (Wildman–Crippen LogP) is 2.32. The number of rotatable bonds is 9. The predicted molar refractivity (Wildman–Crippen MR) is 95.9 cm³/mol. The first-order chi connectivity index (χ1) is 13.3. The summed E-state index contributed by atoms with van der Waals surface area (Å²) in [5.74, 6) is 3.57. The molecule has 0 fully saturated rings. The van der Waals surface area contributed by atoms with Gasteiger partial charge in [0.15, 0.2) is 23.0 Å². The van der Waals surface area contributed by atoms with Gasteiger partial charge in [-0.1, -0.05) is 6.07 Å². The summed E-state index contributed by atoms with van der Waals surface area (Å²) in [6, 6.07) is 9.98. The van der Waals surface area contributed by atoms with Crippen molar-refractivity contribution in [1.29, 1.82) is 0 Å². The van der Waals surface area contributed by atoms with Crippen LogP contribution in [0.3, 0.4) is 0 Å². The van der Waals surface area contributed by atoms with Gasteiger partial charge in [-0.3, -0.25) is 0 Å². The molecule has 7 heteroatoms. The maximum Gasteiger partial charge on any atom is 0.231 e. The molecule has 0 unspecified atom stereocenters. The van der Waals surface area contributed by atoms with E-state index in [9.17, 15) is 0 Å². The van der Waals surface area contributed by atoms with Crippen LogP contribution in [0.5, 0.6) is 28.7 Å². The Kier molecular flexibility index (Phi) is 5.50. The first kappa shape index (κ1) is 17.8.